The third kappa shape index (κ3) is 2.95. The minimum absolute atomic E-state index is 0.163. The van der Waals surface area contributed by atoms with Crippen molar-refractivity contribution < 1.29 is 4.74 Å². The number of aromatic nitrogens is 1. The summed E-state index contributed by atoms with van der Waals surface area (Å²) in [4.78, 5) is 4.40. The fourth-order valence-corrected chi connectivity index (χ4v) is 1.53. The van der Waals surface area contributed by atoms with Crippen LogP contribution in [0, 0.1) is 13.8 Å². The first-order valence-corrected chi connectivity index (χ1v) is 5.76. The predicted octanol–water partition coefficient (Wildman–Crippen LogP) is 2.72. The topological polar surface area (TPSA) is 48.1 Å². The first-order chi connectivity index (χ1) is 7.39. The molecule has 0 aliphatic carbocycles. The van der Waals surface area contributed by atoms with Gasteiger partial charge in [0.05, 0.1) is 0 Å². The van der Waals surface area contributed by atoms with Gasteiger partial charge in [-0.25, -0.2) is 0 Å². The Bertz CT molecular complexity index is 372. The Labute approximate surface area is 98.0 Å². The van der Waals surface area contributed by atoms with Crippen LogP contribution < -0.4 is 10.5 Å². The minimum Gasteiger partial charge on any atom is -0.487 e. The summed E-state index contributed by atoms with van der Waals surface area (Å²) in [6, 6.07) is 1.96. The Balaban J connectivity index is 3.12. The van der Waals surface area contributed by atoms with Crippen LogP contribution in [-0.2, 0) is 6.54 Å². The normalized spacial score (nSPS) is 11.6. The molecule has 0 bridgehead atoms. The first-order valence-electron chi connectivity index (χ1n) is 5.76. The molecule has 0 spiro atoms. The number of pyridine rings is 1. The lowest BCUT2D eigenvalue weighted by atomic mass is 10.1. The van der Waals surface area contributed by atoms with Crippen molar-refractivity contribution >= 4 is 0 Å². The largest absolute Gasteiger partial charge is 0.487 e. The second kappa shape index (κ2) is 4.83. The molecule has 0 amide bonds. The van der Waals surface area contributed by atoms with E-state index >= 15 is 0 Å². The van der Waals surface area contributed by atoms with Crippen molar-refractivity contribution in [3.63, 3.8) is 0 Å². The van der Waals surface area contributed by atoms with E-state index in [4.69, 9.17) is 10.5 Å². The lowest BCUT2D eigenvalue weighted by Gasteiger charge is -2.26. The fraction of sp³-hybridized carbons (Fsp3) is 0.615. The zero-order chi connectivity index (χ0) is 12.3. The van der Waals surface area contributed by atoms with Gasteiger partial charge >= 0.3 is 0 Å². The number of rotatable bonds is 4. The Morgan fingerprint density at radius 1 is 1.38 bits per heavy atom. The van der Waals surface area contributed by atoms with E-state index in [0.717, 1.165) is 29.1 Å². The second-order valence-electron chi connectivity index (χ2n) is 4.75. The number of ether oxygens (including phenoxy) is 1. The number of aryl methyl sites for hydroxylation is 2. The summed E-state index contributed by atoms with van der Waals surface area (Å²) >= 11 is 0. The molecule has 0 saturated heterocycles. The maximum atomic E-state index is 6.01. The molecule has 1 aromatic heterocycles. The van der Waals surface area contributed by atoms with E-state index in [1.54, 1.807) is 0 Å². The third-order valence-electron chi connectivity index (χ3n) is 2.86. The van der Waals surface area contributed by atoms with Gasteiger partial charge in [0.2, 0.25) is 0 Å². The third-order valence-corrected chi connectivity index (χ3v) is 2.86. The van der Waals surface area contributed by atoms with Crippen molar-refractivity contribution in [2.45, 2.75) is 53.2 Å². The van der Waals surface area contributed by atoms with Crippen molar-refractivity contribution in [3.05, 3.63) is 23.0 Å². The van der Waals surface area contributed by atoms with Crippen molar-refractivity contribution in [2.24, 2.45) is 5.73 Å². The van der Waals surface area contributed by atoms with Gasteiger partial charge in [-0.3, -0.25) is 4.98 Å². The lowest BCUT2D eigenvalue weighted by molar-refractivity contribution is 0.103. The van der Waals surface area contributed by atoms with Gasteiger partial charge in [-0.1, -0.05) is 6.92 Å². The highest BCUT2D eigenvalue weighted by Gasteiger charge is 2.19. The summed E-state index contributed by atoms with van der Waals surface area (Å²) < 4.78 is 6.01. The monoisotopic (exact) mass is 222 g/mol. The van der Waals surface area contributed by atoms with Gasteiger partial charge in [-0.05, 0) is 34.1 Å². The molecular formula is C13H22N2O. The Kier molecular flexibility index (Phi) is 3.92. The van der Waals surface area contributed by atoms with Crippen LogP contribution >= 0.6 is 0 Å². The average Bonchev–Trinajstić information content (AvgIpc) is 2.16. The Hall–Kier alpha value is -1.09. The van der Waals surface area contributed by atoms with E-state index < -0.39 is 0 Å². The maximum Gasteiger partial charge on any atom is 0.128 e. The van der Waals surface area contributed by atoms with E-state index in [1.807, 2.05) is 19.9 Å². The molecule has 3 heteroatoms. The fourth-order valence-electron chi connectivity index (χ4n) is 1.53. The molecule has 0 saturated carbocycles. The van der Waals surface area contributed by atoms with E-state index in [0.29, 0.717) is 6.54 Å². The van der Waals surface area contributed by atoms with Crippen LogP contribution in [0.2, 0.25) is 0 Å². The smallest absolute Gasteiger partial charge is 0.128 e. The molecule has 90 valence electrons. The van der Waals surface area contributed by atoms with Crippen LogP contribution in [0.25, 0.3) is 0 Å². The van der Waals surface area contributed by atoms with E-state index in [-0.39, 0.29) is 5.60 Å². The minimum atomic E-state index is -0.163. The van der Waals surface area contributed by atoms with Crippen LogP contribution in [0.3, 0.4) is 0 Å². The Morgan fingerprint density at radius 3 is 2.50 bits per heavy atom. The van der Waals surface area contributed by atoms with Crippen molar-refractivity contribution in [1.82, 2.24) is 4.98 Å². The molecule has 0 unspecified atom stereocenters. The van der Waals surface area contributed by atoms with Gasteiger partial charge in [0.15, 0.2) is 0 Å². The summed E-state index contributed by atoms with van der Waals surface area (Å²) in [6.07, 6.45) is 0.956. The van der Waals surface area contributed by atoms with Crippen LogP contribution in [0.5, 0.6) is 5.75 Å². The number of nitrogens with two attached hydrogens (primary N) is 1. The molecule has 1 heterocycles. The summed E-state index contributed by atoms with van der Waals surface area (Å²) in [7, 11) is 0. The molecule has 1 aromatic rings. The molecule has 0 aliphatic rings. The standard InChI is InChI=1S/C13H22N2O/c1-6-13(4,5)16-12-7-9(2)15-10(3)11(12)8-14/h7H,6,8,14H2,1-5H3. The molecule has 3 nitrogen and oxygen atoms in total. The van der Waals surface area contributed by atoms with Crippen molar-refractivity contribution in [1.29, 1.82) is 0 Å². The van der Waals surface area contributed by atoms with Crippen molar-refractivity contribution in [3.8, 4) is 5.75 Å². The summed E-state index contributed by atoms with van der Waals surface area (Å²) in [5, 5.41) is 0. The second-order valence-corrected chi connectivity index (χ2v) is 4.75. The van der Waals surface area contributed by atoms with E-state index in [1.165, 1.54) is 0 Å². The molecular weight excluding hydrogens is 200 g/mol. The molecule has 16 heavy (non-hydrogen) atoms. The SMILES string of the molecule is CCC(C)(C)Oc1cc(C)nc(C)c1CN. The quantitative estimate of drug-likeness (QED) is 0.852. The zero-order valence-electron chi connectivity index (χ0n) is 10.9. The van der Waals surface area contributed by atoms with Crippen LogP contribution in [0.15, 0.2) is 6.07 Å². The maximum absolute atomic E-state index is 6.01. The molecule has 0 radical (unpaired) electrons. The van der Waals surface area contributed by atoms with Gasteiger partial charge in [-0.2, -0.15) is 0 Å². The van der Waals surface area contributed by atoms with Crippen LogP contribution in [-0.4, -0.2) is 10.6 Å². The van der Waals surface area contributed by atoms with Gasteiger partial charge in [0, 0.05) is 29.6 Å². The molecule has 2 N–H and O–H groups in total. The predicted molar refractivity (Wildman–Crippen MR) is 66.6 cm³/mol. The highest BCUT2D eigenvalue weighted by Crippen LogP contribution is 2.27. The zero-order valence-corrected chi connectivity index (χ0v) is 10.9. The van der Waals surface area contributed by atoms with Crippen LogP contribution in [0.4, 0.5) is 0 Å². The summed E-state index contributed by atoms with van der Waals surface area (Å²) in [5.74, 6) is 0.874. The van der Waals surface area contributed by atoms with Gasteiger partial charge < -0.3 is 10.5 Å². The van der Waals surface area contributed by atoms with E-state index in [9.17, 15) is 0 Å². The highest BCUT2D eigenvalue weighted by molar-refractivity contribution is 5.38. The van der Waals surface area contributed by atoms with Gasteiger partial charge in [0.25, 0.3) is 0 Å². The molecule has 0 fully saturated rings. The number of hydrogen-bond acceptors (Lipinski definition) is 3. The molecule has 0 atom stereocenters. The molecule has 0 aliphatic heterocycles. The number of hydrogen-bond donors (Lipinski definition) is 1. The van der Waals surface area contributed by atoms with Crippen molar-refractivity contribution in [2.75, 3.05) is 0 Å². The van der Waals surface area contributed by atoms with Gasteiger partial charge in [-0.15, -0.1) is 0 Å². The van der Waals surface area contributed by atoms with E-state index in [2.05, 4.69) is 25.8 Å². The first kappa shape index (κ1) is 13.0. The number of nitrogens with zero attached hydrogens (tertiary/aromatic N) is 1. The highest BCUT2D eigenvalue weighted by atomic mass is 16.5. The van der Waals surface area contributed by atoms with Gasteiger partial charge in [0.1, 0.15) is 11.4 Å². The summed E-state index contributed by atoms with van der Waals surface area (Å²) in [5.41, 5.74) is 8.52. The average molecular weight is 222 g/mol. The Morgan fingerprint density at radius 2 is 2.00 bits per heavy atom. The summed E-state index contributed by atoms with van der Waals surface area (Å²) in [6.45, 7) is 10.7. The lowest BCUT2D eigenvalue weighted by Crippen LogP contribution is -2.28. The molecule has 1 rings (SSSR count). The van der Waals surface area contributed by atoms with Crippen LogP contribution in [0.1, 0.15) is 44.1 Å². The molecule has 0 aromatic carbocycles.